The van der Waals surface area contributed by atoms with E-state index in [4.69, 9.17) is 0 Å². The molecule has 0 saturated carbocycles. The molecule has 0 aliphatic heterocycles. The van der Waals surface area contributed by atoms with Crippen molar-refractivity contribution in [3.05, 3.63) is 24.5 Å². The van der Waals surface area contributed by atoms with Gasteiger partial charge >= 0.3 is 0 Å². The van der Waals surface area contributed by atoms with Gasteiger partial charge in [-0.15, -0.1) is 0 Å². The maximum absolute atomic E-state index is 4.08. The van der Waals surface area contributed by atoms with Crippen molar-refractivity contribution in [1.29, 1.82) is 0 Å². The number of anilines is 1. The van der Waals surface area contributed by atoms with Crippen molar-refractivity contribution in [1.82, 2.24) is 4.98 Å². The van der Waals surface area contributed by atoms with E-state index in [1.54, 1.807) is 6.20 Å². The van der Waals surface area contributed by atoms with Crippen molar-refractivity contribution in [3.8, 4) is 0 Å². The predicted molar refractivity (Wildman–Crippen MR) is 66.1 cm³/mol. The van der Waals surface area contributed by atoms with E-state index in [0.29, 0.717) is 6.04 Å². The first-order valence-electron chi connectivity index (χ1n) is 5.99. The first kappa shape index (κ1) is 12.0. The summed E-state index contributed by atoms with van der Waals surface area (Å²) in [4.78, 5) is 4.08. The minimum Gasteiger partial charge on any atom is -0.381 e. The topological polar surface area (TPSA) is 24.9 Å². The number of unbranched alkanes of at least 4 members (excludes halogenated alkanes) is 3. The zero-order valence-electron chi connectivity index (χ0n) is 9.87. The Balaban J connectivity index is 2.16. The lowest BCUT2D eigenvalue weighted by Crippen LogP contribution is -2.14. The van der Waals surface area contributed by atoms with Crippen LogP contribution in [-0.2, 0) is 0 Å². The molecule has 84 valence electrons. The van der Waals surface area contributed by atoms with Gasteiger partial charge in [0.2, 0.25) is 0 Å². The zero-order chi connectivity index (χ0) is 10.9. The molecular formula is C13H22N2. The van der Waals surface area contributed by atoms with Crippen LogP contribution in [0, 0.1) is 0 Å². The lowest BCUT2D eigenvalue weighted by atomic mass is 10.1. The van der Waals surface area contributed by atoms with Crippen molar-refractivity contribution in [2.75, 3.05) is 5.32 Å². The van der Waals surface area contributed by atoms with Crippen molar-refractivity contribution < 1.29 is 0 Å². The summed E-state index contributed by atoms with van der Waals surface area (Å²) in [5.41, 5.74) is 1.13. The molecule has 1 rings (SSSR count). The molecule has 1 N–H and O–H groups in total. The molecule has 1 unspecified atom stereocenters. The van der Waals surface area contributed by atoms with Crippen molar-refractivity contribution >= 4 is 5.69 Å². The third-order valence-corrected chi connectivity index (χ3v) is 2.57. The summed E-state index contributed by atoms with van der Waals surface area (Å²) in [6.07, 6.45) is 10.3. The number of nitrogens with zero attached hydrogens (tertiary/aromatic N) is 1. The summed E-state index contributed by atoms with van der Waals surface area (Å²) < 4.78 is 0. The Morgan fingerprint density at radius 1 is 1.33 bits per heavy atom. The van der Waals surface area contributed by atoms with Crippen molar-refractivity contribution in [2.45, 2.75) is 52.0 Å². The van der Waals surface area contributed by atoms with Gasteiger partial charge in [0.1, 0.15) is 0 Å². The molecule has 1 aromatic rings. The van der Waals surface area contributed by atoms with Crippen LogP contribution in [0.5, 0.6) is 0 Å². The maximum atomic E-state index is 4.08. The highest BCUT2D eigenvalue weighted by atomic mass is 14.9. The lowest BCUT2D eigenvalue weighted by Gasteiger charge is -2.14. The number of nitrogens with one attached hydrogen (secondary N) is 1. The fourth-order valence-electron chi connectivity index (χ4n) is 1.68. The van der Waals surface area contributed by atoms with Crippen LogP contribution in [-0.4, -0.2) is 11.0 Å². The fourth-order valence-corrected chi connectivity index (χ4v) is 1.68. The van der Waals surface area contributed by atoms with Crippen LogP contribution in [0.4, 0.5) is 5.69 Å². The Morgan fingerprint density at radius 3 is 2.87 bits per heavy atom. The molecule has 1 aromatic heterocycles. The largest absolute Gasteiger partial charge is 0.381 e. The third kappa shape index (κ3) is 5.40. The summed E-state index contributed by atoms with van der Waals surface area (Å²) in [6, 6.07) is 4.58. The molecule has 0 amide bonds. The normalized spacial score (nSPS) is 12.4. The Morgan fingerprint density at radius 2 is 2.20 bits per heavy atom. The van der Waals surface area contributed by atoms with Crippen LogP contribution in [0.2, 0.25) is 0 Å². The van der Waals surface area contributed by atoms with E-state index < -0.39 is 0 Å². The quantitative estimate of drug-likeness (QED) is 0.685. The molecule has 0 aliphatic carbocycles. The number of hydrogen-bond donors (Lipinski definition) is 1. The SMILES string of the molecule is CCCCCCC(C)Nc1cccnc1. The molecule has 1 heterocycles. The number of pyridine rings is 1. The highest BCUT2D eigenvalue weighted by Gasteiger charge is 2.00. The minimum absolute atomic E-state index is 0.547. The van der Waals surface area contributed by atoms with E-state index >= 15 is 0 Å². The van der Waals surface area contributed by atoms with Crippen molar-refractivity contribution in [3.63, 3.8) is 0 Å². The molecule has 0 bridgehead atoms. The summed E-state index contributed by atoms with van der Waals surface area (Å²) in [7, 11) is 0. The van der Waals surface area contributed by atoms with Gasteiger partial charge in [0.05, 0.1) is 5.69 Å². The summed E-state index contributed by atoms with van der Waals surface area (Å²) in [5, 5.41) is 3.46. The fraction of sp³-hybridized carbons (Fsp3) is 0.615. The number of hydrogen-bond acceptors (Lipinski definition) is 2. The minimum atomic E-state index is 0.547. The highest BCUT2D eigenvalue weighted by Crippen LogP contribution is 2.10. The lowest BCUT2D eigenvalue weighted by molar-refractivity contribution is 0.594. The third-order valence-electron chi connectivity index (χ3n) is 2.57. The molecule has 0 aromatic carbocycles. The van der Waals surface area contributed by atoms with Gasteiger partial charge in [-0.05, 0) is 25.5 Å². The average Bonchev–Trinajstić information content (AvgIpc) is 2.26. The number of aromatic nitrogens is 1. The second-order valence-electron chi connectivity index (χ2n) is 4.14. The number of rotatable bonds is 7. The Kier molecular flexibility index (Phi) is 5.83. The maximum Gasteiger partial charge on any atom is 0.0528 e. The second-order valence-corrected chi connectivity index (χ2v) is 4.14. The molecule has 1 atom stereocenters. The van der Waals surface area contributed by atoms with Crippen molar-refractivity contribution in [2.24, 2.45) is 0 Å². The van der Waals surface area contributed by atoms with Crippen LogP contribution in [0.25, 0.3) is 0 Å². The van der Waals surface area contributed by atoms with Gasteiger partial charge in [0, 0.05) is 18.4 Å². The van der Waals surface area contributed by atoms with Gasteiger partial charge in [0.25, 0.3) is 0 Å². The molecule has 2 heteroatoms. The Hall–Kier alpha value is -1.05. The molecule has 0 saturated heterocycles. The molecular weight excluding hydrogens is 184 g/mol. The van der Waals surface area contributed by atoms with Gasteiger partial charge in [0.15, 0.2) is 0 Å². The smallest absolute Gasteiger partial charge is 0.0528 e. The molecule has 0 radical (unpaired) electrons. The molecule has 15 heavy (non-hydrogen) atoms. The van der Waals surface area contributed by atoms with Gasteiger partial charge in [-0.2, -0.15) is 0 Å². The van der Waals surface area contributed by atoms with Gasteiger partial charge < -0.3 is 5.32 Å². The molecule has 0 spiro atoms. The molecule has 0 fully saturated rings. The van der Waals surface area contributed by atoms with Crippen LogP contribution in [0.3, 0.4) is 0 Å². The second kappa shape index (κ2) is 7.27. The van der Waals surface area contributed by atoms with Crippen LogP contribution >= 0.6 is 0 Å². The first-order chi connectivity index (χ1) is 7.33. The Bertz CT molecular complexity index is 246. The van der Waals surface area contributed by atoms with Crippen LogP contribution in [0.15, 0.2) is 24.5 Å². The van der Waals surface area contributed by atoms with E-state index in [9.17, 15) is 0 Å². The average molecular weight is 206 g/mol. The summed E-state index contributed by atoms with van der Waals surface area (Å²) >= 11 is 0. The summed E-state index contributed by atoms with van der Waals surface area (Å²) in [6.45, 7) is 4.48. The summed E-state index contributed by atoms with van der Waals surface area (Å²) in [5.74, 6) is 0. The van der Waals surface area contributed by atoms with Crippen LogP contribution in [0.1, 0.15) is 46.0 Å². The highest BCUT2D eigenvalue weighted by molar-refractivity contribution is 5.40. The predicted octanol–water partition coefficient (Wildman–Crippen LogP) is 3.85. The van der Waals surface area contributed by atoms with Gasteiger partial charge in [-0.3, -0.25) is 4.98 Å². The van der Waals surface area contributed by atoms with E-state index in [1.807, 2.05) is 12.3 Å². The zero-order valence-corrected chi connectivity index (χ0v) is 9.87. The monoisotopic (exact) mass is 206 g/mol. The van der Waals surface area contributed by atoms with E-state index in [0.717, 1.165) is 5.69 Å². The van der Waals surface area contributed by atoms with Gasteiger partial charge in [-0.1, -0.05) is 32.6 Å². The first-order valence-corrected chi connectivity index (χ1v) is 5.99. The molecule has 2 nitrogen and oxygen atoms in total. The van der Waals surface area contributed by atoms with E-state index in [-0.39, 0.29) is 0 Å². The molecule has 0 aliphatic rings. The van der Waals surface area contributed by atoms with Crippen LogP contribution < -0.4 is 5.32 Å². The van der Waals surface area contributed by atoms with E-state index in [2.05, 4.69) is 30.2 Å². The van der Waals surface area contributed by atoms with Gasteiger partial charge in [-0.25, -0.2) is 0 Å². The Labute approximate surface area is 93.1 Å². The van der Waals surface area contributed by atoms with E-state index in [1.165, 1.54) is 32.1 Å². The standard InChI is InChI=1S/C13H22N2/c1-3-4-5-6-8-12(2)15-13-9-7-10-14-11-13/h7,9-12,15H,3-6,8H2,1-2H3.